The van der Waals surface area contributed by atoms with E-state index in [1.165, 1.54) is 17.4 Å². The summed E-state index contributed by atoms with van der Waals surface area (Å²) in [4.78, 5) is 21.6. The number of hydrogen-bond acceptors (Lipinski definition) is 5. The molecule has 0 radical (unpaired) electrons. The number of anilines is 1. The predicted molar refractivity (Wildman–Crippen MR) is 107 cm³/mol. The highest BCUT2D eigenvalue weighted by Gasteiger charge is 2.17. The van der Waals surface area contributed by atoms with Gasteiger partial charge in [-0.15, -0.1) is 0 Å². The lowest BCUT2D eigenvalue weighted by Crippen LogP contribution is -2.21. The van der Waals surface area contributed by atoms with Crippen molar-refractivity contribution in [3.05, 3.63) is 50.9 Å². The summed E-state index contributed by atoms with van der Waals surface area (Å²) in [6.45, 7) is 0. The molecule has 1 aliphatic carbocycles. The zero-order chi connectivity index (χ0) is 19.0. The van der Waals surface area contributed by atoms with Crippen molar-refractivity contribution in [2.75, 3.05) is 5.32 Å². The Kier molecular flexibility index (Phi) is 4.93. The maximum Gasteiger partial charge on any atom is 0.294 e. The smallest absolute Gasteiger partial charge is 0.294 e. The number of ether oxygens (including phenoxy) is 1. The second-order valence-electron chi connectivity index (χ2n) is 6.62. The number of hydrogen-bond donors (Lipinski definition) is 1. The molecule has 0 spiro atoms. The number of aryl methyl sites for hydroxylation is 1. The molecule has 0 bridgehead atoms. The summed E-state index contributed by atoms with van der Waals surface area (Å²) >= 11 is 12.3. The largest absolute Gasteiger partial charge is 0.448 e. The van der Waals surface area contributed by atoms with E-state index in [1.54, 1.807) is 37.5 Å². The van der Waals surface area contributed by atoms with E-state index in [9.17, 15) is 4.79 Å². The normalized spacial score (nSPS) is 14.6. The van der Waals surface area contributed by atoms with Gasteiger partial charge in [-0.05, 0) is 31.0 Å². The molecule has 140 valence electrons. The summed E-state index contributed by atoms with van der Waals surface area (Å²) in [5.74, 6) is 0.894. The lowest BCUT2D eigenvalue weighted by atomic mass is 10.2. The summed E-state index contributed by atoms with van der Waals surface area (Å²) < 4.78 is 7.17. The molecule has 0 aliphatic heterocycles. The summed E-state index contributed by atoms with van der Waals surface area (Å²) in [6.07, 6.45) is 6.35. The third kappa shape index (κ3) is 3.59. The van der Waals surface area contributed by atoms with E-state index >= 15 is 0 Å². The second kappa shape index (κ2) is 7.37. The zero-order valence-electron chi connectivity index (χ0n) is 14.7. The summed E-state index contributed by atoms with van der Waals surface area (Å²) in [5.41, 5.74) is 0.206. The van der Waals surface area contributed by atoms with Gasteiger partial charge in [-0.3, -0.25) is 9.36 Å². The number of pyridine rings is 1. The van der Waals surface area contributed by atoms with E-state index in [4.69, 9.17) is 27.9 Å². The zero-order valence-corrected chi connectivity index (χ0v) is 16.2. The molecule has 4 rings (SSSR count). The Morgan fingerprint density at radius 1 is 1.22 bits per heavy atom. The average Bonchev–Trinajstić information content (AvgIpc) is 3.16. The molecule has 6 nitrogen and oxygen atoms in total. The van der Waals surface area contributed by atoms with Gasteiger partial charge in [0, 0.05) is 24.7 Å². The Morgan fingerprint density at radius 2 is 1.93 bits per heavy atom. The number of halogens is 2. The Bertz CT molecular complexity index is 1040. The molecule has 1 fully saturated rings. The van der Waals surface area contributed by atoms with Gasteiger partial charge in [-0.25, -0.2) is 4.98 Å². The predicted octanol–water partition coefficient (Wildman–Crippen LogP) is 4.78. The summed E-state index contributed by atoms with van der Waals surface area (Å²) in [7, 11) is 1.65. The first-order chi connectivity index (χ1) is 13.0. The second-order valence-corrected chi connectivity index (χ2v) is 7.44. The van der Waals surface area contributed by atoms with Crippen LogP contribution in [0.25, 0.3) is 11.0 Å². The Labute approximate surface area is 166 Å². The minimum Gasteiger partial charge on any atom is -0.448 e. The van der Waals surface area contributed by atoms with Crippen LogP contribution in [0.5, 0.6) is 11.5 Å². The number of para-hydroxylation sites is 1. The van der Waals surface area contributed by atoms with Crippen LogP contribution in [0, 0.1) is 0 Å². The molecule has 0 unspecified atom stereocenters. The summed E-state index contributed by atoms with van der Waals surface area (Å²) in [6, 6.07) is 7.01. The highest BCUT2D eigenvalue weighted by molar-refractivity contribution is 6.37. The van der Waals surface area contributed by atoms with Crippen molar-refractivity contribution in [2.45, 2.75) is 31.7 Å². The average molecular weight is 405 g/mol. The van der Waals surface area contributed by atoms with Crippen molar-refractivity contribution in [2.24, 2.45) is 7.05 Å². The molecular formula is C19H18Cl2N4O2. The molecule has 3 aromatic rings. The molecule has 2 heterocycles. The van der Waals surface area contributed by atoms with Gasteiger partial charge in [-0.2, -0.15) is 4.98 Å². The standard InChI is InChI=1S/C19H18Cl2N4O2/c1-25-17-11(10-22-19(24-17)23-12-5-2-3-6-12)9-15(18(25)26)27-16-13(20)7-4-8-14(16)21/h4,7-10,12H,2-3,5-6H2,1H3,(H,22,23,24). The van der Waals surface area contributed by atoms with Crippen LogP contribution in [-0.4, -0.2) is 20.6 Å². The minimum absolute atomic E-state index is 0.111. The molecule has 27 heavy (non-hydrogen) atoms. The van der Waals surface area contributed by atoms with Crippen LogP contribution in [0.3, 0.4) is 0 Å². The molecule has 0 atom stereocenters. The maximum atomic E-state index is 12.7. The fraction of sp³-hybridized carbons (Fsp3) is 0.316. The van der Waals surface area contributed by atoms with Gasteiger partial charge in [0.25, 0.3) is 5.56 Å². The Hall–Kier alpha value is -2.31. The van der Waals surface area contributed by atoms with Crippen LogP contribution < -0.4 is 15.6 Å². The van der Waals surface area contributed by atoms with E-state index < -0.39 is 0 Å². The minimum atomic E-state index is -0.330. The van der Waals surface area contributed by atoms with E-state index in [2.05, 4.69) is 15.3 Å². The van der Waals surface area contributed by atoms with Crippen LogP contribution in [0.15, 0.2) is 35.3 Å². The lowest BCUT2D eigenvalue weighted by Gasteiger charge is -2.14. The molecule has 0 saturated heterocycles. The van der Waals surface area contributed by atoms with Crippen molar-refractivity contribution < 1.29 is 4.74 Å². The summed E-state index contributed by atoms with van der Waals surface area (Å²) in [5, 5.41) is 4.69. The van der Waals surface area contributed by atoms with Crippen molar-refractivity contribution in [3.63, 3.8) is 0 Å². The number of nitrogens with zero attached hydrogens (tertiary/aromatic N) is 3. The van der Waals surface area contributed by atoms with E-state index in [-0.39, 0.29) is 17.1 Å². The molecule has 8 heteroatoms. The number of fused-ring (bicyclic) bond motifs is 1. The molecule has 1 N–H and O–H groups in total. The first-order valence-electron chi connectivity index (χ1n) is 8.78. The highest BCUT2D eigenvalue weighted by Crippen LogP contribution is 2.35. The number of aromatic nitrogens is 3. The molecule has 2 aromatic heterocycles. The van der Waals surface area contributed by atoms with Gasteiger partial charge in [0.2, 0.25) is 5.95 Å². The number of benzene rings is 1. The van der Waals surface area contributed by atoms with Crippen LogP contribution in [0.2, 0.25) is 10.0 Å². The maximum absolute atomic E-state index is 12.7. The molecule has 1 aromatic carbocycles. The van der Waals surface area contributed by atoms with E-state index in [0.29, 0.717) is 33.1 Å². The Balaban J connectivity index is 1.71. The van der Waals surface area contributed by atoms with Gasteiger partial charge in [0.15, 0.2) is 11.5 Å². The quantitative estimate of drug-likeness (QED) is 0.677. The molecular weight excluding hydrogens is 387 g/mol. The van der Waals surface area contributed by atoms with Crippen molar-refractivity contribution in [1.29, 1.82) is 0 Å². The van der Waals surface area contributed by atoms with Crippen molar-refractivity contribution in [1.82, 2.24) is 14.5 Å². The van der Waals surface area contributed by atoms with Crippen LogP contribution in [-0.2, 0) is 7.05 Å². The SMILES string of the molecule is Cn1c(=O)c(Oc2c(Cl)cccc2Cl)cc2cnc(NC3CCCC3)nc21. The number of rotatable bonds is 4. The fourth-order valence-corrected chi connectivity index (χ4v) is 3.78. The van der Waals surface area contributed by atoms with Gasteiger partial charge in [0.05, 0.1) is 10.0 Å². The van der Waals surface area contributed by atoms with Crippen molar-refractivity contribution in [3.8, 4) is 11.5 Å². The molecule has 1 aliphatic rings. The van der Waals surface area contributed by atoms with Gasteiger partial charge < -0.3 is 10.1 Å². The monoisotopic (exact) mass is 404 g/mol. The van der Waals surface area contributed by atoms with Gasteiger partial charge >= 0.3 is 0 Å². The highest BCUT2D eigenvalue weighted by atomic mass is 35.5. The van der Waals surface area contributed by atoms with Gasteiger partial charge in [-0.1, -0.05) is 42.1 Å². The topological polar surface area (TPSA) is 69.0 Å². The third-order valence-corrected chi connectivity index (χ3v) is 5.33. The van der Waals surface area contributed by atoms with Crippen LogP contribution in [0.1, 0.15) is 25.7 Å². The fourth-order valence-electron chi connectivity index (χ4n) is 3.30. The third-order valence-electron chi connectivity index (χ3n) is 4.73. The Morgan fingerprint density at radius 3 is 2.63 bits per heavy atom. The van der Waals surface area contributed by atoms with Gasteiger partial charge in [0.1, 0.15) is 5.65 Å². The lowest BCUT2D eigenvalue weighted by molar-refractivity contribution is 0.472. The van der Waals surface area contributed by atoms with Crippen molar-refractivity contribution >= 4 is 40.2 Å². The van der Waals surface area contributed by atoms with Crippen LogP contribution >= 0.6 is 23.2 Å². The first kappa shape index (κ1) is 18.1. The van der Waals surface area contributed by atoms with E-state index in [1.807, 2.05) is 0 Å². The van der Waals surface area contributed by atoms with E-state index in [0.717, 1.165) is 12.8 Å². The van der Waals surface area contributed by atoms with Crippen LogP contribution in [0.4, 0.5) is 5.95 Å². The first-order valence-corrected chi connectivity index (χ1v) is 9.53. The number of nitrogens with one attached hydrogen (secondary N) is 1. The molecule has 0 amide bonds. The molecule has 1 saturated carbocycles.